The Kier molecular flexibility index (Phi) is 7.09. The summed E-state index contributed by atoms with van der Waals surface area (Å²) in [5.41, 5.74) is 1.66. The molecule has 0 bridgehead atoms. The molecule has 0 N–H and O–H groups in total. The topological polar surface area (TPSA) is 43.6 Å². The molecule has 0 saturated heterocycles. The van der Waals surface area contributed by atoms with E-state index in [4.69, 9.17) is 0 Å². The molecule has 0 saturated carbocycles. The van der Waals surface area contributed by atoms with E-state index < -0.39 is 0 Å². The Balaban J connectivity index is 0.000000323. The minimum absolute atomic E-state index is 0.699. The molecule has 2 aromatic rings. The summed E-state index contributed by atoms with van der Waals surface area (Å²) >= 11 is 0. The number of fused-ring (bicyclic) bond motifs is 1. The minimum Gasteiger partial charge on any atom is -0.246 e. The minimum atomic E-state index is 0.699. The van der Waals surface area contributed by atoms with E-state index in [2.05, 4.69) is 36.1 Å². The molecule has 0 aromatic carbocycles. The van der Waals surface area contributed by atoms with Crippen LogP contribution >= 0.6 is 0 Å². The largest absolute Gasteiger partial charge is 0.246 e. The first kappa shape index (κ1) is 14.6. The Morgan fingerprint density at radius 3 is 2.25 bits per heavy atom. The summed E-state index contributed by atoms with van der Waals surface area (Å²) < 4.78 is 1.70. The highest BCUT2D eigenvalue weighted by Crippen LogP contribution is 2.03. The van der Waals surface area contributed by atoms with Gasteiger partial charge in [0.1, 0.15) is 5.52 Å². The first-order valence-electron chi connectivity index (χ1n) is 5.71. The van der Waals surface area contributed by atoms with Crippen molar-refractivity contribution >= 4 is 11.2 Å². The molecule has 0 atom stereocenters. The second-order valence-electron chi connectivity index (χ2n) is 3.79. The molecular weight excluding hydrogens is 200 g/mol. The van der Waals surface area contributed by atoms with Crippen LogP contribution in [0.5, 0.6) is 0 Å². The lowest BCUT2D eigenvalue weighted by molar-refractivity contribution is 0.736. The van der Waals surface area contributed by atoms with E-state index in [0.717, 1.165) is 11.4 Å². The van der Waals surface area contributed by atoms with Gasteiger partial charge in [0.05, 0.1) is 0 Å². The SMILES string of the molecule is CC.CC(C)C.Cn1nnc2ncccc21. The lowest BCUT2D eigenvalue weighted by Crippen LogP contribution is -1.88. The number of hydrogen-bond acceptors (Lipinski definition) is 3. The number of hydrogen-bond donors (Lipinski definition) is 0. The van der Waals surface area contributed by atoms with Gasteiger partial charge in [-0.3, -0.25) is 0 Å². The normalized spacial score (nSPS) is 9.19. The standard InChI is InChI=1S/C6H6N4.C4H10.C2H6/c1-10-5-3-2-4-7-6(5)8-9-10;1-4(2)3;1-2/h2-4H,1H3;4H,1-3H3;1-2H3. The zero-order valence-corrected chi connectivity index (χ0v) is 11.1. The van der Waals surface area contributed by atoms with Crippen molar-refractivity contribution in [2.75, 3.05) is 0 Å². The van der Waals surface area contributed by atoms with E-state index in [-0.39, 0.29) is 0 Å². The summed E-state index contributed by atoms with van der Waals surface area (Å²) in [6.07, 6.45) is 1.71. The van der Waals surface area contributed by atoms with Crippen LogP contribution in [0.25, 0.3) is 11.2 Å². The smallest absolute Gasteiger partial charge is 0.201 e. The van der Waals surface area contributed by atoms with Crippen LogP contribution in [0.2, 0.25) is 0 Å². The molecule has 4 heteroatoms. The number of pyridine rings is 1. The van der Waals surface area contributed by atoms with Gasteiger partial charge in [-0.25, -0.2) is 9.67 Å². The number of aromatic nitrogens is 4. The Bertz CT molecular complexity index is 390. The molecule has 0 unspecified atom stereocenters. The summed E-state index contributed by atoms with van der Waals surface area (Å²) in [4.78, 5) is 4.01. The van der Waals surface area contributed by atoms with E-state index in [0.29, 0.717) is 5.65 Å². The van der Waals surface area contributed by atoms with Gasteiger partial charge in [0.25, 0.3) is 0 Å². The van der Waals surface area contributed by atoms with Gasteiger partial charge in [0.15, 0.2) is 0 Å². The Labute approximate surface area is 97.7 Å². The highest BCUT2D eigenvalue weighted by Gasteiger charge is 1.97. The molecule has 0 amide bonds. The third-order valence-electron chi connectivity index (χ3n) is 1.39. The lowest BCUT2D eigenvalue weighted by Gasteiger charge is -1.86. The van der Waals surface area contributed by atoms with Crippen molar-refractivity contribution in [2.45, 2.75) is 34.6 Å². The van der Waals surface area contributed by atoms with E-state index in [1.54, 1.807) is 10.9 Å². The third-order valence-corrected chi connectivity index (χ3v) is 1.39. The second kappa shape index (κ2) is 7.79. The number of rotatable bonds is 0. The fourth-order valence-electron chi connectivity index (χ4n) is 0.876. The van der Waals surface area contributed by atoms with Crippen LogP contribution in [-0.2, 0) is 7.05 Å². The van der Waals surface area contributed by atoms with E-state index in [9.17, 15) is 0 Å². The van der Waals surface area contributed by atoms with Gasteiger partial charge >= 0.3 is 0 Å². The quantitative estimate of drug-likeness (QED) is 0.688. The Morgan fingerprint density at radius 1 is 1.19 bits per heavy atom. The van der Waals surface area contributed by atoms with Gasteiger partial charge in [-0.05, 0) is 18.1 Å². The van der Waals surface area contributed by atoms with Gasteiger partial charge < -0.3 is 0 Å². The third kappa shape index (κ3) is 4.87. The molecule has 16 heavy (non-hydrogen) atoms. The van der Waals surface area contributed by atoms with Gasteiger partial charge in [0.2, 0.25) is 5.65 Å². The highest BCUT2D eigenvalue weighted by molar-refractivity contribution is 5.68. The fraction of sp³-hybridized carbons (Fsp3) is 0.583. The van der Waals surface area contributed by atoms with E-state index >= 15 is 0 Å². The van der Waals surface area contributed by atoms with Crippen LogP contribution in [0, 0.1) is 5.92 Å². The van der Waals surface area contributed by atoms with Crippen molar-refractivity contribution < 1.29 is 0 Å². The number of aryl methyl sites for hydroxylation is 1. The summed E-state index contributed by atoms with van der Waals surface area (Å²) in [7, 11) is 1.84. The monoisotopic (exact) mass is 222 g/mol. The molecule has 0 spiro atoms. The van der Waals surface area contributed by atoms with Crippen LogP contribution in [0.4, 0.5) is 0 Å². The molecule has 90 valence electrons. The van der Waals surface area contributed by atoms with Crippen molar-refractivity contribution in [2.24, 2.45) is 13.0 Å². The maximum atomic E-state index is 4.01. The summed E-state index contributed by atoms with van der Waals surface area (Å²) in [6, 6.07) is 3.80. The second-order valence-corrected chi connectivity index (χ2v) is 3.79. The summed E-state index contributed by atoms with van der Waals surface area (Å²) in [5, 5.41) is 7.62. The molecule has 4 nitrogen and oxygen atoms in total. The predicted octanol–water partition coefficient (Wildman–Crippen LogP) is 3.05. The van der Waals surface area contributed by atoms with Crippen molar-refractivity contribution in [3.05, 3.63) is 18.3 Å². The van der Waals surface area contributed by atoms with Gasteiger partial charge in [-0.1, -0.05) is 39.8 Å². The summed E-state index contributed by atoms with van der Waals surface area (Å²) in [6.45, 7) is 10.5. The van der Waals surface area contributed by atoms with Gasteiger partial charge in [-0.15, -0.1) is 5.10 Å². The van der Waals surface area contributed by atoms with Crippen LogP contribution in [-0.4, -0.2) is 20.0 Å². The Morgan fingerprint density at radius 2 is 1.75 bits per heavy atom. The number of nitrogens with zero attached hydrogens (tertiary/aromatic N) is 4. The van der Waals surface area contributed by atoms with E-state index in [1.807, 2.05) is 33.0 Å². The predicted molar refractivity (Wildman–Crippen MR) is 68.2 cm³/mol. The average molecular weight is 222 g/mol. The molecular formula is C12H22N4. The lowest BCUT2D eigenvalue weighted by atomic mass is 10.3. The average Bonchev–Trinajstić information content (AvgIpc) is 2.64. The molecule has 0 aliphatic rings. The van der Waals surface area contributed by atoms with Crippen molar-refractivity contribution in [3.63, 3.8) is 0 Å². The van der Waals surface area contributed by atoms with Crippen molar-refractivity contribution in [1.29, 1.82) is 0 Å². The molecule has 0 fully saturated rings. The first-order valence-corrected chi connectivity index (χ1v) is 5.71. The van der Waals surface area contributed by atoms with E-state index in [1.165, 1.54) is 0 Å². The summed E-state index contributed by atoms with van der Waals surface area (Å²) in [5.74, 6) is 0.833. The first-order chi connectivity index (χ1) is 7.61. The van der Waals surface area contributed by atoms with Crippen LogP contribution in [0.1, 0.15) is 34.6 Å². The van der Waals surface area contributed by atoms with Crippen LogP contribution < -0.4 is 0 Å². The molecule has 2 aromatic heterocycles. The van der Waals surface area contributed by atoms with Crippen LogP contribution in [0.3, 0.4) is 0 Å². The van der Waals surface area contributed by atoms with Crippen LogP contribution in [0.15, 0.2) is 18.3 Å². The Hall–Kier alpha value is -1.45. The fourth-order valence-corrected chi connectivity index (χ4v) is 0.876. The molecule has 0 aliphatic heterocycles. The molecule has 0 aliphatic carbocycles. The zero-order chi connectivity index (χ0) is 12.6. The maximum absolute atomic E-state index is 4.01. The molecule has 2 heterocycles. The van der Waals surface area contributed by atoms with Gasteiger partial charge in [0, 0.05) is 13.2 Å². The highest BCUT2D eigenvalue weighted by atomic mass is 15.4. The van der Waals surface area contributed by atoms with Crippen molar-refractivity contribution in [3.8, 4) is 0 Å². The molecule has 2 rings (SSSR count). The zero-order valence-electron chi connectivity index (χ0n) is 11.1. The molecule has 0 radical (unpaired) electrons. The van der Waals surface area contributed by atoms with Crippen molar-refractivity contribution in [1.82, 2.24) is 20.0 Å². The maximum Gasteiger partial charge on any atom is 0.201 e. The van der Waals surface area contributed by atoms with Gasteiger partial charge in [-0.2, -0.15) is 0 Å².